The summed E-state index contributed by atoms with van der Waals surface area (Å²) in [6.45, 7) is 2.13. The van der Waals surface area contributed by atoms with Crippen molar-refractivity contribution >= 4 is 5.97 Å². The maximum Gasteiger partial charge on any atom is 0.309 e. The summed E-state index contributed by atoms with van der Waals surface area (Å²) in [5.41, 5.74) is 0.986. The van der Waals surface area contributed by atoms with Crippen LogP contribution in [0.5, 0.6) is 0 Å². The highest BCUT2D eigenvalue weighted by Crippen LogP contribution is 2.39. The molecule has 0 amide bonds. The molecule has 0 saturated heterocycles. The molecule has 16 heavy (non-hydrogen) atoms. The third-order valence-electron chi connectivity index (χ3n) is 3.07. The van der Waals surface area contributed by atoms with Crippen LogP contribution in [0.15, 0.2) is 24.3 Å². The van der Waals surface area contributed by atoms with E-state index in [1.165, 1.54) is 0 Å². The van der Waals surface area contributed by atoms with Gasteiger partial charge < -0.3 is 9.84 Å². The zero-order valence-corrected chi connectivity index (χ0v) is 9.40. The monoisotopic (exact) mass is 220 g/mol. The Morgan fingerprint density at radius 3 is 3.00 bits per heavy atom. The van der Waals surface area contributed by atoms with Crippen molar-refractivity contribution in [1.29, 1.82) is 0 Å². The second kappa shape index (κ2) is 4.26. The first kappa shape index (κ1) is 11.1. The number of rotatable bonds is 3. The van der Waals surface area contributed by atoms with E-state index in [9.17, 15) is 9.90 Å². The second-order valence-electron chi connectivity index (χ2n) is 4.17. The van der Waals surface area contributed by atoms with Crippen molar-refractivity contribution in [3.63, 3.8) is 0 Å². The smallest absolute Gasteiger partial charge is 0.309 e. The van der Waals surface area contributed by atoms with Crippen LogP contribution in [0.3, 0.4) is 0 Å². The van der Waals surface area contributed by atoms with Crippen LogP contribution in [0.2, 0.25) is 0 Å². The molecule has 0 saturated carbocycles. The van der Waals surface area contributed by atoms with E-state index in [0.29, 0.717) is 13.0 Å². The molecular weight excluding hydrogens is 204 g/mol. The number of aryl methyl sites for hydroxylation is 1. The van der Waals surface area contributed by atoms with E-state index in [-0.39, 0.29) is 12.4 Å². The van der Waals surface area contributed by atoms with Crippen molar-refractivity contribution < 1.29 is 14.6 Å². The first-order chi connectivity index (χ1) is 7.65. The SMILES string of the molecule is CCOC(=O)C[C@@]1(O)CCc2ccccc21. The summed E-state index contributed by atoms with van der Waals surface area (Å²) in [7, 11) is 0. The summed E-state index contributed by atoms with van der Waals surface area (Å²) in [5, 5.41) is 10.4. The summed E-state index contributed by atoms with van der Waals surface area (Å²) >= 11 is 0. The van der Waals surface area contributed by atoms with Gasteiger partial charge in [-0.25, -0.2) is 0 Å². The second-order valence-corrected chi connectivity index (χ2v) is 4.17. The highest BCUT2D eigenvalue weighted by atomic mass is 16.5. The Kier molecular flexibility index (Phi) is 2.97. The molecule has 0 unspecified atom stereocenters. The van der Waals surface area contributed by atoms with E-state index >= 15 is 0 Å². The lowest BCUT2D eigenvalue weighted by molar-refractivity contribution is -0.149. The van der Waals surface area contributed by atoms with Gasteiger partial charge in [0.05, 0.1) is 13.0 Å². The highest BCUT2D eigenvalue weighted by molar-refractivity contribution is 5.71. The minimum Gasteiger partial charge on any atom is -0.466 e. The van der Waals surface area contributed by atoms with Gasteiger partial charge in [0.1, 0.15) is 5.60 Å². The van der Waals surface area contributed by atoms with Crippen LogP contribution >= 0.6 is 0 Å². The van der Waals surface area contributed by atoms with Crippen LogP contribution in [-0.2, 0) is 21.6 Å². The Labute approximate surface area is 95.0 Å². The van der Waals surface area contributed by atoms with Gasteiger partial charge in [0, 0.05) is 0 Å². The Balaban J connectivity index is 2.18. The van der Waals surface area contributed by atoms with E-state index in [1.54, 1.807) is 6.92 Å². The Morgan fingerprint density at radius 1 is 1.50 bits per heavy atom. The molecular formula is C13H16O3. The maximum atomic E-state index is 11.4. The summed E-state index contributed by atoms with van der Waals surface area (Å²) in [5.74, 6) is -0.332. The average Bonchev–Trinajstić information content (AvgIpc) is 2.58. The van der Waals surface area contributed by atoms with Crippen molar-refractivity contribution in [2.45, 2.75) is 31.8 Å². The molecule has 0 aromatic heterocycles. The molecule has 3 heteroatoms. The summed E-state index contributed by atoms with van der Waals surface area (Å²) in [6, 6.07) is 7.73. The Morgan fingerprint density at radius 2 is 2.25 bits per heavy atom. The van der Waals surface area contributed by atoms with Crippen molar-refractivity contribution in [2.75, 3.05) is 6.61 Å². The summed E-state index contributed by atoms with van der Waals surface area (Å²) < 4.78 is 4.89. The zero-order chi connectivity index (χ0) is 11.6. The maximum absolute atomic E-state index is 11.4. The van der Waals surface area contributed by atoms with Crippen molar-refractivity contribution in [3.8, 4) is 0 Å². The van der Waals surface area contributed by atoms with Crippen molar-refractivity contribution in [1.82, 2.24) is 0 Å². The van der Waals surface area contributed by atoms with Crippen LogP contribution in [0.1, 0.15) is 30.9 Å². The predicted molar refractivity (Wildman–Crippen MR) is 59.9 cm³/mol. The molecule has 0 fully saturated rings. The third kappa shape index (κ3) is 1.95. The normalized spacial score (nSPS) is 22.9. The number of ether oxygens (including phenoxy) is 1. The van der Waals surface area contributed by atoms with Gasteiger partial charge in [0.15, 0.2) is 0 Å². The summed E-state index contributed by atoms with van der Waals surface area (Å²) in [4.78, 5) is 11.4. The number of fused-ring (bicyclic) bond motifs is 1. The lowest BCUT2D eigenvalue weighted by atomic mass is 9.92. The number of aliphatic hydroxyl groups is 1. The number of benzene rings is 1. The highest BCUT2D eigenvalue weighted by Gasteiger charge is 2.38. The third-order valence-corrected chi connectivity index (χ3v) is 3.07. The van der Waals surface area contributed by atoms with E-state index in [4.69, 9.17) is 4.74 Å². The van der Waals surface area contributed by atoms with Gasteiger partial charge in [-0.3, -0.25) is 4.79 Å². The van der Waals surface area contributed by atoms with Crippen LogP contribution in [0, 0.1) is 0 Å². The molecule has 3 nitrogen and oxygen atoms in total. The van der Waals surface area contributed by atoms with Gasteiger partial charge in [0.2, 0.25) is 0 Å². The topological polar surface area (TPSA) is 46.5 Å². The molecule has 1 atom stereocenters. The minimum atomic E-state index is -1.02. The molecule has 0 aliphatic heterocycles. The van der Waals surface area contributed by atoms with Crippen LogP contribution in [0.25, 0.3) is 0 Å². The van der Waals surface area contributed by atoms with E-state index < -0.39 is 5.60 Å². The van der Waals surface area contributed by atoms with E-state index in [2.05, 4.69) is 0 Å². The quantitative estimate of drug-likeness (QED) is 0.790. The number of carbonyl (C=O) groups is 1. The number of hydrogen-bond acceptors (Lipinski definition) is 3. The lowest BCUT2D eigenvalue weighted by Crippen LogP contribution is -2.27. The van der Waals surface area contributed by atoms with E-state index in [0.717, 1.165) is 17.5 Å². The fraction of sp³-hybridized carbons (Fsp3) is 0.462. The molecule has 1 aromatic carbocycles. The van der Waals surface area contributed by atoms with Gasteiger partial charge >= 0.3 is 5.97 Å². The molecule has 0 radical (unpaired) electrons. The fourth-order valence-electron chi connectivity index (χ4n) is 2.30. The molecule has 0 bridgehead atoms. The van der Waals surface area contributed by atoms with Crippen molar-refractivity contribution in [3.05, 3.63) is 35.4 Å². The standard InChI is InChI=1S/C13H16O3/c1-2-16-12(14)9-13(15)8-7-10-5-3-4-6-11(10)13/h3-6,15H,2,7-9H2,1H3/t13-/m0/s1. The van der Waals surface area contributed by atoms with E-state index in [1.807, 2.05) is 24.3 Å². The molecule has 1 aliphatic carbocycles. The molecule has 1 aromatic rings. The zero-order valence-electron chi connectivity index (χ0n) is 9.40. The Bertz CT molecular complexity index is 400. The van der Waals surface area contributed by atoms with Gasteiger partial charge in [-0.05, 0) is 30.9 Å². The fourth-order valence-corrected chi connectivity index (χ4v) is 2.30. The first-order valence-corrected chi connectivity index (χ1v) is 5.62. The molecule has 0 heterocycles. The molecule has 0 spiro atoms. The number of carbonyl (C=O) groups excluding carboxylic acids is 1. The van der Waals surface area contributed by atoms with Gasteiger partial charge in [-0.15, -0.1) is 0 Å². The number of esters is 1. The van der Waals surface area contributed by atoms with Crippen LogP contribution in [0.4, 0.5) is 0 Å². The number of hydrogen-bond donors (Lipinski definition) is 1. The lowest BCUT2D eigenvalue weighted by Gasteiger charge is -2.22. The summed E-state index contributed by atoms with van der Waals surface area (Å²) in [6.07, 6.45) is 1.48. The molecule has 1 aliphatic rings. The minimum absolute atomic E-state index is 0.0534. The molecule has 2 rings (SSSR count). The van der Waals surface area contributed by atoms with Crippen LogP contribution in [-0.4, -0.2) is 17.7 Å². The van der Waals surface area contributed by atoms with Gasteiger partial charge in [0.25, 0.3) is 0 Å². The van der Waals surface area contributed by atoms with Gasteiger partial charge in [-0.2, -0.15) is 0 Å². The molecule has 1 N–H and O–H groups in total. The Hall–Kier alpha value is -1.35. The van der Waals surface area contributed by atoms with Crippen LogP contribution < -0.4 is 0 Å². The average molecular weight is 220 g/mol. The largest absolute Gasteiger partial charge is 0.466 e. The van der Waals surface area contributed by atoms with Crippen molar-refractivity contribution in [2.24, 2.45) is 0 Å². The molecule has 86 valence electrons. The van der Waals surface area contributed by atoms with Gasteiger partial charge in [-0.1, -0.05) is 24.3 Å². The predicted octanol–water partition coefficient (Wildman–Crippen LogP) is 1.77. The first-order valence-electron chi connectivity index (χ1n) is 5.62.